The molecule has 0 amide bonds. The fraction of sp³-hybridized carbons (Fsp3) is 0.278. The van der Waals surface area contributed by atoms with E-state index < -0.39 is 12.1 Å². The monoisotopic (exact) mass is 313 g/mol. The number of rotatable bonds is 5. The molecule has 0 saturated heterocycles. The lowest BCUT2D eigenvalue weighted by atomic mass is 10.1. The summed E-state index contributed by atoms with van der Waals surface area (Å²) in [6.45, 7) is 6.38. The zero-order valence-electron chi connectivity index (χ0n) is 13.6. The summed E-state index contributed by atoms with van der Waals surface area (Å²) in [7, 11) is 0. The van der Waals surface area contributed by atoms with Crippen molar-refractivity contribution in [3.05, 3.63) is 58.4 Å². The third kappa shape index (κ3) is 3.39. The summed E-state index contributed by atoms with van der Waals surface area (Å²) >= 11 is 0. The molecular formula is C18H19NO4. The Balaban J connectivity index is 2.18. The zero-order valence-corrected chi connectivity index (χ0v) is 13.6. The van der Waals surface area contributed by atoms with Crippen molar-refractivity contribution in [2.24, 2.45) is 0 Å². The maximum atomic E-state index is 12.3. The number of hydrogen-bond donors (Lipinski definition) is 1. The number of H-pyrrole nitrogens is 1. The van der Waals surface area contributed by atoms with Gasteiger partial charge in [-0.05, 0) is 33.3 Å². The quantitative estimate of drug-likeness (QED) is 0.679. The van der Waals surface area contributed by atoms with E-state index in [4.69, 9.17) is 4.74 Å². The van der Waals surface area contributed by atoms with Gasteiger partial charge in [0, 0.05) is 16.8 Å². The Morgan fingerprint density at radius 1 is 1.09 bits per heavy atom. The van der Waals surface area contributed by atoms with Gasteiger partial charge in [0.2, 0.25) is 5.78 Å². The van der Waals surface area contributed by atoms with Crippen molar-refractivity contribution in [2.45, 2.75) is 33.8 Å². The van der Waals surface area contributed by atoms with Crippen molar-refractivity contribution >= 4 is 17.5 Å². The number of aryl methyl sites for hydroxylation is 1. The van der Waals surface area contributed by atoms with Gasteiger partial charge in [-0.2, -0.15) is 0 Å². The Kier molecular flexibility index (Phi) is 4.79. The molecule has 0 fully saturated rings. The number of hydrogen-bond acceptors (Lipinski definition) is 4. The van der Waals surface area contributed by atoms with Crippen molar-refractivity contribution in [3.63, 3.8) is 0 Å². The second kappa shape index (κ2) is 6.60. The van der Waals surface area contributed by atoms with E-state index in [-0.39, 0.29) is 17.3 Å². The van der Waals surface area contributed by atoms with Gasteiger partial charge in [0.15, 0.2) is 11.9 Å². The van der Waals surface area contributed by atoms with Crippen molar-refractivity contribution in [3.8, 4) is 0 Å². The lowest BCUT2D eigenvalue weighted by molar-refractivity contribution is 0.0313. The van der Waals surface area contributed by atoms with Gasteiger partial charge in [0.1, 0.15) is 5.69 Å². The number of ketones is 2. The van der Waals surface area contributed by atoms with E-state index in [0.717, 1.165) is 0 Å². The first-order chi connectivity index (χ1) is 10.8. The smallest absolute Gasteiger partial charge is 0.355 e. The predicted octanol–water partition coefficient (Wildman–Crippen LogP) is 3.26. The summed E-state index contributed by atoms with van der Waals surface area (Å²) in [4.78, 5) is 39.0. The van der Waals surface area contributed by atoms with E-state index in [1.807, 2.05) is 6.07 Å². The standard InChI is InChI=1S/C18H19NO4/c1-10-15(12(3)20)11(2)19-16(10)18(22)23-13(4)17(21)14-8-6-5-7-9-14/h5-9,13,19H,1-4H3/t13-/m0/s1. The summed E-state index contributed by atoms with van der Waals surface area (Å²) in [5, 5.41) is 0. The average molecular weight is 313 g/mol. The van der Waals surface area contributed by atoms with Crippen LogP contribution in [0.4, 0.5) is 0 Å². The third-order valence-electron chi connectivity index (χ3n) is 3.71. The lowest BCUT2D eigenvalue weighted by Gasteiger charge is -2.12. The van der Waals surface area contributed by atoms with Crippen LogP contribution < -0.4 is 0 Å². The number of aromatic amines is 1. The van der Waals surface area contributed by atoms with Crippen molar-refractivity contribution in [1.82, 2.24) is 4.98 Å². The van der Waals surface area contributed by atoms with Gasteiger partial charge in [-0.25, -0.2) is 4.79 Å². The molecule has 5 heteroatoms. The number of Topliss-reactive ketones (excluding diaryl/α,β-unsaturated/α-hetero) is 2. The zero-order chi connectivity index (χ0) is 17.1. The number of carbonyl (C=O) groups is 3. The highest BCUT2D eigenvalue weighted by Crippen LogP contribution is 2.20. The van der Waals surface area contributed by atoms with Crippen LogP contribution in [0.15, 0.2) is 30.3 Å². The summed E-state index contributed by atoms with van der Waals surface area (Å²) in [5.74, 6) is -1.04. The molecule has 5 nitrogen and oxygen atoms in total. The summed E-state index contributed by atoms with van der Waals surface area (Å²) in [5.41, 5.74) is 2.33. The molecule has 0 aliphatic heterocycles. The van der Waals surface area contributed by atoms with Crippen molar-refractivity contribution in [1.29, 1.82) is 0 Å². The Labute approximate surface area is 134 Å². The lowest BCUT2D eigenvalue weighted by Crippen LogP contribution is -2.25. The van der Waals surface area contributed by atoms with Gasteiger partial charge in [-0.15, -0.1) is 0 Å². The Morgan fingerprint density at radius 3 is 2.22 bits per heavy atom. The molecule has 23 heavy (non-hydrogen) atoms. The van der Waals surface area contributed by atoms with E-state index in [9.17, 15) is 14.4 Å². The summed E-state index contributed by atoms with van der Waals surface area (Å²) < 4.78 is 5.25. The molecule has 2 rings (SSSR count). The Hall–Kier alpha value is -2.69. The van der Waals surface area contributed by atoms with Gasteiger partial charge < -0.3 is 9.72 Å². The number of ether oxygens (including phenoxy) is 1. The van der Waals surface area contributed by atoms with Crippen LogP contribution in [0.5, 0.6) is 0 Å². The van der Waals surface area contributed by atoms with E-state index in [2.05, 4.69) is 4.98 Å². The molecule has 0 spiro atoms. The molecule has 1 aromatic heterocycles. The van der Waals surface area contributed by atoms with Crippen LogP contribution in [0.25, 0.3) is 0 Å². The molecule has 0 saturated carbocycles. The second-order valence-electron chi connectivity index (χ2n) is 5.46. The van der Waals surface area contributed by atoms with E-state index >= 15 is 0 Å². The minimum Gasteiger partial charge on any atom is -0.450 e. The van der Waals surface area contributed by atoms with Crippen LogP contribution in [0.2, 0.25) is 0 Å². The number of benzene rings is 1. The van der Waals surface area contributed by atoms with Crippen molar-refractivity contribution in [2.75, 3.05) is 0 Å². The van der Waals surface area contributed by atoms with Crippen LogP contribution in [0.1, 0.15) is 56.3 Å². The van der Waals surface area contributed by atoms with Crippen LogP contribution in [-0.2, 0) is 4.74 Å². The Bertz CT molecular complexity index is 759. The van der Waals surface area contributed by atoms with E-state index in [1.54, 1.807) is 38.1 Å². The number of nitrogens with one attached hydrogen (secondary N) is 1. The maximum Gasteiger partial charge on any atom is 0.355 e. The fourth-order valence-corrected chi connectivity index (χ4v) is 2.59. The Morgan fingerprint density at radius 2 is 1.70 bits per heavy atom. The first-order valence-corrected chi connectivity index (χ1v) is 7.33. The molecular weight excluding hydrogens is 294 g/mol. The first kappa shape index (κ1) is 16.7. The second-order valence-corrected chi connectivity index (χ2v) is 5.46. The SMILES string of the molecule is CC(=O)c1c(C)[nH]c(C(=O)O[C@@H](C)C(=O)c2ccccc2)c1C. The van der Waals surface area contributed by atoms with E-state index in [0.29, 0.717) is 22.4 Å². The van der Waals surface area contributed by atoms with Gasteiger partial charge >= 0.3 is 5.97 Å². The highest BCUT2D eigenvalue weighted by atomic mass is 16.5. The molecule has 0 aliphatic rings. The molecule has 1 aromatic carbocycles. The predicted molar refractivity (Wildman–Crippen MR) is 85.9 cm³/mol. The number of aromatic nitrogens is 1. The van der Waals surface area contributed by atoms with Crippen LogP contribution in [0.3, 0.4) is 0 Å². The molecule has 120 valence electrons. The molecule has 0 aliphatic carbocycles. The summed E-state index contributed by atoms with van der Waals surface area (Å²) in [6.07, 6.45) is -0.909. The van der Waals surface area contributed by atoms with Crippen LogP contribution >= 0.6 is 0 Å². The van der Waals surface area contributed by atoms with Gasteiger partial charge in [0.05, 0.1) is 0 Å². The van der Waals surface area contributed by atoms with Gasteiger partial charge in [0.25, 0.3) is 0 Å². The topological polar surface area (TPSA) is 76.2 Å². The normalized spacial score (nSPS) is 11.8. The first-order valence-electron chi connectivity index (χ1n) is 7.33. The number of carbonyl (C=O) groups excluding carboxylic acids is 3. The fourth-order valence-electron chi connectivity index (χ4n) is 2.59. The average Bonchev–Trinajstić information content (AvgIpc) is 2.82. The van der Waals surface area contributed by atoms with E-state index in [1.165, 1.54) is 13.8 Å². The molecule has 2 aromatic rings. The minimum atomic E-state index is -0.909. The molecule has 1 N–H and O–H groups in total. The van der Waals surface area contributed by atoms with Crippen molar-refractivity contribution < 1.29 is 19.1 Å². The largest absolute Gasteiger partial charge is 0.450 e. The number of esters is 1. The summed E-state index contributed by atoms with van der Waals surface area (Å²) in [6, 6.07) is 8.65. The van der Waals surface area contributed by atoms with Gasteiger partial charge in [-0.3, -0.25) is 9.59 Å². The maximum absolute atomic E-state index is 12.3. The van der Waals surface area contributed by atoms with Crippen LogP contribution in [0, 0.1) is 13.8 Å². The highest BCUT2D eigenvalue weighted by molar-refractivity contribution is 6.03. The molecule has 1 atom stereocenters. The molecule has 0 bridgehead atoms. The third-order valence-corrected chi connectivity index (χ3v) is 3.71. The van der Waals surface area contributed by atoms with Gasteiger partial charge in [-0.1, -0.05) is 30.3 Å². The molecule has 0 unspecified atom stereocenters. The molecule has 1 heterocycles. The van der Waals surface area contributed by atoms with Crippen LogP contribution in [-0.4, -0.2) is 28.6 Å². The molecule has 0 radical (unpaired) electrons. The highest BCUT2D eigenvalue weighted by Gasteiger charge is 2.25. The minimum absolute atomic E-state index is 0.122.